The Morgan fingerprint density at radius 1 is 1.21 bits per heavy atom. The molecule has 2 amide bonds. The van der Waals surface area contributed by atoms with Crippen LogP contribution in [-0.4, -0.2) is 28.4 Å². The van der Waals surface area contributed by atoms with Crippen LogP contribution in [0.5, 0.6) is 5.75 Å². The Bertz CT molecular complexity index is 836. The van der Waals surface area contributed by atoms with Crippen LogP contribution >= 0.6 is 22.6 Å². The summed E-state index contributed by atoms with van der Waals surface area (Å²) < 4.78 is 52.0. The summed E-state index contributed by atoms with van der Waals surface area (Å²) >= 11 is 0.312. The zero-order valence-corrected chi connectivity index (χ0v) is 17.5. The molecule has 0 bridgehead atoms. The third kappa shape index (κ3) is 6.34. The van der Waals surface area contributed by atoms with Crippen LogP contribution in [0, 0.1) is 0 Å². The molecule has 0 fully saturated rings. The molecule has 0 saturated carbocycles. The molecule has 29 heavy (non-hydrogen) atoms. The standard InChI is InChI=1S/C18H18F4IN3O3/c1-10(25-16(28)13-7-8-24-15(9-13)26-11(2)27)12-3-5-14(6-4-12)29-18(21,22)17(19,20)23/h3-7,9-10,24H,8H2,1-2H3,(H,25,28)(H,26,27). The van der Waals surface area contributed by atoms with E-state index in [1.807, 2.05) is 0 Å². The van der Waals surface area contributed by atoms with Crippen molar-refractivity contribution in [1.82, 2.24) is 16.0 Å². The van der Waals surface area contributed by atoms with Gasteiger partial charge in [-0.15, -0.1) is 0 Å². The fourth-order valence-electron chi connectivity index (χ4n) is 2.36. The first-order valence-electron chi connectivity index (χ1n) is 8.37. The molecule has 0 aliphatic carbocycles. The molecule has 1 unspecified atom stereocenters. The maximum Gasteiger partial charge on any atom is 0.474 e. The molecule has 1 atom stereocenters. The zero-order chi connectivity index (χ0) is 21.8. The lowest BCUT2D eigenvalue weighted by Gasteiger charge is -2.22. The fraction of sp³-hybridized carbons (Fsp3) is 0.333. The second kappa shape index (κ2) is 9.01. The van der Waals surface area contributed by atoms with Crippen molar-refractivity contribution in [3.8, 4) is 5.75 Å². The van der Waals surface area contributed by atoms with Gasteiger partial charge in [-0.25, -0.2) is 0 Å². The SMILES string of the molecule is CC(=O)NC1=CC(C(=O)NC(C)c2ccc(OC(F)(F)C(F)(F)I)cc2)=CCN1. The summed E-state index contributed by atoms with van der Waals surface area (Å²) in [5, 5.41) is 8.18. The van der Waals surface area contributed by atoms with Crippen molar-refractivity contribution in [2.45, 2.75) is 29.9 Å². The van der Waals surface area contributed by atoms with Crippen molar-refractivity contribution < 1.29 is 31.9 Å². The smallest absolute Gasteiger partial charge is 0.427 e. The van der Waals surface area contributed by atoms with Gasteiger partial charge >= 0.3 is 10.0 Å². The Morgan fingerprint density at radius 2 is 1.83 bits per heavy atom. The highest BCUT2D eigenvalue weighted by atomic mass is 127. The van der Waals surface area contributed by atoms with E-state index in [2.05, 4.69) is 20.7 Å². The van der Waals surface area contributed by atoms with Gasteiger partial charge in [0.2, 0.25) is 5.91 Å². The number of dihydropyridines is 1. The number of nitrogens with one attached hydrogen (secondary N) is 3. The highest BCUT2D eigenvalue weighted by Gasteiger charge is 2.57. The van der Waals surface area contributed by atoms with Crippen LogP contribution < -0.4 is 20.7 Å². The molecule has 1 aromatic carbocycles. The molecule has 0 aromatic heterocycles. The average Bonchev–Trinajstić information content (AvgIpc) is 2.60. The summed E-state index contributed by atoms with van der Waals surface area (Å²) in [5.74, 6) is -0.727. The first-order chi connectivity index (χ1) is 13.4. The lowest BCUT2D eigenvalue weighted by atomic mass is 10.1. The minimum Gasteiger partial charge on any atom is -0.427 e. The van der Waals surface area contributed by atoms with Crippen molar-refractivity contribution in [3.05, 3.63) is 53.4 Å². The Morgan fingerprint density at radius 3 is 2.38 bits per heavy atom. The lowest BCUT2D eigenvalue weighted by Crippen LogP contribution is -2.40. The molecule has 1 heterocycles. The van der Waals surface area contributed by atoms with Gasteiger partial charge in [0.25, 0.3) is 5.91 Å². The Labute approximate surface area is 177 Å². The highest BCUT2D eigenvalue weighted by molar-refractivity contribution is 14.1. The maximum atomic E-state index is 13.3. The second-order valence-electron chi connectivity index (χ2n) is 6.16. The average molecular weight is 527 g/mol. The number of alkyl halides is 5. The molecule has 11 heteroatoms. The zero-order valence-electron chi connectivity index (χ0n) is 15.4. The van der Waals surface area contributed by atoms with Gasteiger partial charge in [0.05, 0.1) is 6.04 Å². The summed E-state index contributed by atoms with van der Waals surface area (Å²) in [7, 11) is 0. The van der Waals surface area contributed by atoms with Gasteiger partial charge in [-0.2, -0.15) is 17.6 Å². The van der Waals surface area contributed by atoms with E-state index in [0.717, 1.165) is 12.1 Å². The van der Waals surface area contributed by atoms with Gasteiger partial charge in [0.15, 0.2) is 0 Å². The monoisotopic (exact) mass is 527 g/mol. The van der Waals surface area contributed by atoms with E-state index in [1.165, 1.54) is 25.1 Å². The summed E-state index contributed by atoms with van der Waals surface area (Å²) in [6.45, 7) is 3.36. The third-order valence-corrected chi connectivity index (χ3v) is 4.42. The minimum atomic E-state index is -4.66. The van der Waals surface area contributed by atoms with Crippen LogP contribution in [0.2, 0.25) is 0 Å². The van der Waals surface area contributed by atoms with Crippen molar-refractivity contribution in [2.75, 3.05) is 6.54 Å². The van der Waals surface area contributed by atoms with E-state index in [9.17, 15) is 27.2 Å². The van der Waals surface area contributed by atoms with E-state index in [1.54, 1.807) is 13.0 Å². The van der Waals surface area contributed by atoms with Crippen molar-refractivity contribution in [2.24, 2.45) is 0 Å². The minimum absolute atomic E-state index is 0.285. The molecule has 0 radical (unpaired) electrons. The van der Waals surface area contributed by atoms with Gasteiger partial charge in [-0.3, -0.25) is 9.59 Å². The number of ether oxygens (including phenoxy) is 1. The largest absolute Gasteiger partial charge is 0.474 e. The molecule has 3 N–H and O–H groups in total. The number of hydrogen-bond donors (Lipinski definition) is 3. The number of benzene rings is 1. The maximum absolute atomic E-state index is 13.3. The number of carbonyl (C=O) groups excluding carboxylic acids is 2. The van der Waals surface area contributed by atoms with E-state index in [4.69, 9.17) is 0 Å². The number of hydrogen-bond acceptors (Lipinski definition) is 4. The Balaban J connectivity index is 2.01. The van der Waals surface area contributed by atoms with Crippen molar-refractivity contribution >= 4 is 34.4 Å². The van der Waals surface area contributed by atoms with E-state index >= 15 is 0 Å². The van der Waals surface area contributed by atoms with Crippen LogP contribution in [0.1, 0.15) is 25.5 Å². The van der Waals surface area contributed by atoms with Crippen LogP contribution in [0.25, 0.3) is 0 Å². The molecular weight excluding hydrogens is 509 g/mol. The second-order valence-corrected chi connectivity index (χ2v) is 7.52. The summed E-state index contributed by atoms with van der Waals surface area (Å²) in [6, 6.07) is 4.50. The van der Waals surface area contributed by atoms with Crippen LogP contribution in [0.4, 0.5) is 17.6 Å². The normalized spacial score (nSPS) is 15.4. The van der Waals surface area contributed by atoms with Gasteiger partial charge in [0, 0.05) is 41.6 Å². The van der Waals surface area contributed by atoms with Gasteiger partial charge in [-0.1, -0.05) is 18.2 Å². The van der Waals surface area contributed by atoms with Gasteiger partial charge < -0.3 is 20.7 Å². The van der Waals surface area contributed by atoms with Gasteiger partial charge in [0.1, 0.15) is 11.6 Å². The number of halogens is 5. The van der Waals surface area contributed by atoms with Gasteiger partial charge in [-0.05, 0) is 30.7 Å². The molecule has 6 nitrogen and oxygen atoms in total. The van der Waals surface area contributed by atoms with Crippen molar-refractivity contribution in [1.29, 1.82) is 0 Å². The number of carbonyl (C=O) groups is 2. The first kappa shape index (κ1) is 23.0. The molecule has 158 valence electrons. The predicted octanol–water partition coefficient (Wildman–Crippen LogP) is 3.37. The molecular formula is C18H18F4IN3O3. The van der Waals surface area contributed by atoms with Crippen LogP contribution in [0.15, 0.2) is 47.8 Å². The summed E-state index contributed by atoms with van der Waals surface area (Å²) in [4.78, 5) is 23.5. The molecule has 0 saturated heterocycles. The highest BCUT2D eigenvalue weighted by Crippen LogP contribution is 2.41. The quantitative estimate of drug-likeness (QED) is 0.289. The van der Waals surface area contributed by atoms with Crippen LogP contribution in [0.3, 0.4) is 0 Å². The van der Waals surface area contributed by atoms with E-state index < -0.39 is 27.7 Å². The molecule has 0 spiro atoms. The summed E-state index contributed by atoms with van der Waals surface area (Å²) in [6.07, 6.45) is -1.54. The molecule has 1 aromatic rings. The predicted molar refractivity (Wildman–Crippen MR) is 106 cm³/mol. The Hall–Kier alpha value is -2.31. The summed E-state index contributed by atoms with van der Waals surface area (Å²) in [5.41, 5.74) is 0.888. The number of rotatable bonds is 7. The first-order valence-corrected chi connectivity index (χ1v) is 9.44. The molecule has 1 aliphatic heterocycles. The lowest BCUT2D eigenvalue weighted by molar-refractivity contribution is -0.261. The molecule has 1 aliphatic rings. The third-order valence-electron chi connectivity index (χ3n) is 3.79. The van der Waals surface area contributed by atoms with E-state index in [0.29, 0.717) is 46.1 Å². The van der Waals surface area contributed by atoms with E-state index in [-0.39, 0.29) is 5.91 Å². The number of amides is 2. The van der Waals surface area contributed by atoms with Crippen molar-refractivity contribution in [3.63, 3.8) is 0 Å². The topological polar surface area (TPSA) is 79.5 Å². The van der Waals surface area contributed by atoms with Crippen LogP contribution in [-0.2, 0) is 9.59 Å². The molecule has 2 rings (SSSR count). The Kier molecular flexibility index (Phi) is 7.14. The fourth-order valence-corrected chi connectivity index (χ4v) is 2.47.